The van der Waals surface area contributed by atoms with Gasteiger partial charge >= 0.3 is 5.79 Å². The third-order valence-corrected chi connectivity index (χ3v) is 6.19. The van der Waals surface area contributed by atoms with Crippen LogP contribution in [0.4, 0.5) is 10.1 Å². The van der Waals surface area contributed by atoms with Crippen LogP contribution in [0, 0.1) is 5.82 Å². The summed E-state index contributed by atoms with van der Waals surface area (Å²) in [7, 11) is 0. The summed E-state index contributed by atoms with van der Waals surface area (Å²) in [6.07, 6.45) is 9.07. The monoisotopic (exact) mass is 360 g/mol. The summed E-state index contributed by atoms with van der Waals surface area (Å²) in [5.74, 6) is -0.660. The van der Waals surface area contributed by atoms with Crippen molar-refractivity contribution in [1.82, 2.24) is 14.7 Å². The lowest BCUT2D eigenvalue weighted by atomic mass is 9.98. The van der Waals surface area contributed by atoms with E-state index in [2.05, 4.69) is 73.9 Å². The first-order valence-corrected chi connectivity index (χ1v) is 9.27. The summed E-state index contributed by atoms with van der Waals surface area (Å²) in [6.45, 7) is 3.07. The van der Waals surface area contributed by atoms with E-state index in [-0.39, 0.29) is 11.9 Å². The Kier molecular flexibility index (Phi) is 2.75. The molecule has 6 rings (SSSR count). The maximum absolute atomic E-state index is 14.3. The van der Waals surface area contributed by atoms with Gasteiger partial charge in [-0.3, -0.25) is 14.5 Å². The molecule has 0 spiro atoms. The zero-order valence-corrected chi connectivity index (χ0v) is 15.0. The Morgan fingerprint density at radius 1 is 1.19 bits per heavy atom. The molecule has 0 fully saturated rings. The maximum atomic E-state index is 14.3. The van der Waals surface area contributed by atoms with Crippen molar-refractivity contribution < 1.29 is 8.96 Å². The van der Waals surface area contributed by atoms with Gasteiger partial charge in [-0.1, -0.05) is 0 Å². The highest BCUT2D eigenvalue weighted by molar-refractivity contribution is 5.62. The Labute approximate surface area is 156 Å². The van der Waals surface area contributed by atoms with Gasteiger partial charge in [0, 0.05) is 49.8 Å². The van der Waals surface area contributed by atoms with Crippen molar-refractivity contribution >= 4 is 5.69 Å². The normalized spacial score (nSPS) is 24.6. The van der Waals surface area contributed by atoms with Gasteiger partial charge in [0.25, 0.3) is 0 Å². The number of fused-ring (bicyclic) bond motifs is 4. The van der Waals surface area contributed by atoms with Gasteiger partial charge in [-0.15, -0.1) is 0 Å². The first-order valence-electron chi connectivity index (χ1n) is 9.27. The van der Waals surface area contributed by atoms with Gasteiger partial charge in [-0.2, -0.15) is 9.67 Å². The van der Waals surface area contributed by atoms with Crippen molar-refractivity contribution in [2.45, 2.75) is 25.2 Å². The van der Waals surface area contributed by atoms with Gasteiger partial charge in [0.1, 0.15) is 11.5 Å². The van der Waals surface area contributed by atoms with Crippen LogP contribution in [0.1, 0.15) is 24.9 Å². The minimum absolute atomic E-state index is 0.0260. The lowest BCUT2D eigenvalue weighted by Gasteiger charge is -2.40. The summed E-state index contributed by atoms with van der Waals surface area (Å²) in [6, 6.07) is 13.4. The Bertz CT molecular complexity index is 1100. The van der Waals surface area contributed by atoms with Crippen molar-refractivity contribution in [2.75, 3.05) is 11.4 Å². The first kappa shape index (κ1) is 15.0. The lowest BCUT2D eigenvalue weighted by Crippen LogP contribution is -2.69. The van der Waals surface area contributed by atoms with Crippen molar-refractivity contribution in [3.8, 4) is 11.4 Å². The van der Waals surface area contributed by atoms with Crippen LogP contribution in [0.25, 0.3) is 11.4 Å². The average molecular weight is 360 g/mol. The van der Waals surface area contributed by atoms with E-state index in [9.17, 15) is 4.39 Å². The molecule has 2 aromatic heterocycles. The zero-order chi connectivity index (χ0) is 18.2. The molecule has 1 aromatic carbocycles. The highest BCUT2D eigenvalue weighted by Crippen LogP contribution is 2.44. The van der Waals surface area contributed by atoms with E-state index in [0.717, 1.165) is 35.6 Å². The standard InChI is InChI=1S/C21H19FN5/c1-21-24-11-8-18(16-14-15(22)5-6-17(16)26(21)13-12-24)27-20(7-9-23-27)19-4-2-3-10-25(19)21/h2-7,9-10,12-14,18H,8,11H2,1H3/q+1/t18?,21-/m0/s1. The smallest absolute Gasteiger partial charge is 0.298 e. The van der Waals surface area contributed by atoms with Crippen LogP contribution in [0.15, 0.2) is 67.3 Å². The molecule has 0 saturated carbocycles. The van der Waals surface area contributed by atoms with Gasteiger partial charge in [-0.05, 0) is 36.8 Å². The fourth-order valence-corrected chi connectivity index (χ4v) is 4.89. The molecule has 3 aliphatic heterocycles. The van der Waals surface area contributed by atoms with Gasteiger partial charge < -0.3 is 0 Å². The third kappa shape index (κ3) is 1.77. The highest BCUT2D eigenvalue weighted by Gasteiger charge is 2.53. The van der Waals surface area contributed by atoms with Gasteiger partial charge in [-0.25, -0.2) is 4.39 Å². The molecule has 5 nitrogen and oxygen atoms in total. The van der Waals surface area contributed by atoms with Crippen molar-refractivity contribution in [2.24, 2.45) is 0 Å². The molecule has 6 heteroatoms. The fourth-order valence-electron chi connectivity index (χ4n) is 4.89. The maximum Gasteiger partial charge on any atom is 0.327 e. The molecule has 4 bridgehead atoms. The molecule has 0 aliphatic carbocycles. The van der Waals surface area contributed by atoms with Crippen molar-refractivity contribution in [1.29, 1.82) is 0 Å². The number of nitrogens with zero attached hydrogens (tertiary/aromatic N) is 5. The summed E-state index contributed by atoms with van der Waals surface area (Å²) >= 11 is 0. The van der Waals surface area contributed by atoms with Crippen molar-refractivity contribution in [3.05, 3.63) is 78.6 Å². The largest absolute Gasteiger partial charge is 0.327 e. The molecular formula is C21H19FN5+. The molecule has 3 aromatic rings. The highest BCUT2D eigenvalue weighted by atomic mass is 19.1. The molecule has 0 N–H and O–H groups in total. The summed E-state index contributed by atoms with van der Waals surface area (Å²) < 4.78 is 18.6. The van der Waals surface area contributed by atoms with Crippen LogP contribution < -0.4 is 9.47 Å². The number of hydrogen-bond acceptors (Lipinski definition) is 3. The Hall–Kier alpha value is -3.15. The molecule has 134 valence electrons. The van der Waals surface area contributed by atoms with Crippen LogP contribution >= 0.6 is 0 Å². The van der Waals surface area contributed by atoms with Gasteiger partial charge in [0.2, 0.25) is 5.69 Å². The minimum atomic E-state index is -0.451. The molecule has 0 saturated heterocycles. The van der Waals surface area contributed by atoms with Crippen LogP contribution in [-0.2, 0) is 5.79 Å². The summed E-state index contributed by atoms with van der Waals surface area (Å²) in [5, 5.41) is 4.66. The molecule has 27 heavy (non-hydrogen) atoms. The van der Waals surface area contributed by atoms with E-state index in [4.69, 9.17) is 0 Å². The van der Waals surface area contributed by atoms with Gasteiger partial charge in [0.15, 0.2) is 6.20 Å². The number of pyridine rings is 1. The summed E-state index contributed by atoms with van der Waals surface area (Å²) in [5.41, 5.74) is 4.14. The number of rotatable bonds is 0. The topological polar surface area (TPSA) is 28.2 Å². The first-order chi connectivity index (χ1) is 13.2. The quantitative estimate of drug-likeness (QED) is 0.577. The molecule has 1 unspecified atom stereocenters. The van der Waals surface area contributed by atoms with Crippen LogP contribution in [0.2, 0.25) is 0 Å². The molecule has 3 aliphatic rings. The van der Waals surface area contributed by atoms with E-state index in [0.29, 0.717) is 0 Å². The molecular weight excluding hydrogens is 341 g/mol. The average Bonchev–Trinajstić information content (AvgIpc) is 3.29. The lowest BCUT2D eigenvalue weighted by molar-refractivity contribution is -0.769. The number of anilines is 1. The SMILES string of the molecule is C[C@@]12N3C=CN1c1ccc(F)cc1C(CC3)n1nccc1-c1cccc[n+]12. The predicted molar refractivity (Wildman–Crippen MR) is 99.0 cm³/mol. The molecule has 5 heterocycles. The van der Waals surface area contributed by atoms with Gasteiger partial charge in [0.05, 0.1) is 11.7 Å². The third-order valence-electron chi connectivity index (χ3n) is 6.19. The van der Waals surface area contributed by atoms with Crippen LogP contribution in [-0.4, -0.2) is 21.2 Å². The Morgan fingerprint density at radius 3 is 3.04 bits per heavy atom. The second-order valence-corrected chi connectivity index (χ2v) is 7.46. The predicted octanol–water partition coefficient (Wildman–Crippen LogP) is 3.21. The van der Waals surface area contributed by atoms with Crippen LogP contribution in [0.3, 0.4) is 0 Å². The molecule has 0 radical (unpaired) electrons. The van der Waals surface area contributed by atoms with E-state index in [1.54, 1.807) is 12.1 Å². The fraction of sp³-hybridized carbons (Fsp3) is 0.238. The molecule has 0 amide bonds. The number of benzene rings is 1. The van der Waals surface area contributed by atoms with E-state index < -0.39 is 5.79 Å². The van der Waals surface area contributed by atoms with Crippen molar-refractivity contribution in [3.63, 3.8) is 0 Å². The van der Waals surface area contributed by atoms with E-state index in [1.165, 1.54) is 0 Å². The number of aromatic nitrogens is 3. The minimum Gasteiger partial charge on any atom is -0.298 e. The Morgan fingerprint density at radius 2 is 2.11 bits per heavy atom. The number of hydrogen-bond donors (Lipinski definition) is 0. The summed E-state index contributed by atoms with van der Waals surface area (Å²) in [4.78, 5) is 4.62. The molecule has 2 atom stereocenters. The van der Waals surface area contributed by atoms with E-state index >= 15 is 0 Å². The second-order valence-electron chi connectivity index (χ2n) is 7.46. The van der Waals surface area contributed by atoms with Crippen LogP contribution in [0.5, 0.6) is 0 Å². The number of halogens is 1. The van der Waals surface area contributed by atoms with E-state index in [1.807, 2.05) is 12.3 Å². The zero-order valence-electron chi connectivity index (χ0n) is 15.0. The second kappa shape index (κ2) is 4.97. The Balaban J connectivity index is 1.79.